The van der Waals surface area contributed by atoms with Crippen LogP contribution in [0.1, 0.15) is 6.42 Å². The summed E-state index contributed by atoms with van der Waals surface area (Å²) in [7, 11) is -3.30. The number of benzene rings is 2. The Morgan fingerprint density at radius 2 is 1.71 bits per heavy atom. The Bertz CT molecular complexity index is 761. The SMILES string of the molecule is O=C(COc1ccc(I)cc1)NCCCS(=O)(=O)c1ccccc1. The lowest BCUT2D eigenvalue weighted by molar-refractivity contribution is -0.123. The first kappa shape index (κ1) is 18.7. The Kier molecular flexibility index (Phi) is 7.04. The van der Waals surface area contributed by atoms with Crippen LogP contribution in [-0.2, 0) is 14.6 Å². The lowest BCUT2D eigenvalue weighted by Gasteiger charge is -2.08. The van der Waals surface area contributed by atoms with Gasteiger partial charge in [0, 0.05) is 10.1 Å². The van der Waals surface area contributed by atoms with E-state index in [1.54, 1.807) is 42.5 Å². The van der Waals surface area contributed by atoms with Gasteiger partial charge in [-0.05, 0) is 65.4 Å². The molecule has 0 saturated carbocycles. The fourth-order valence-electron chi connectivity index (χ4n) is 1.97. The zero-order valence-electron chi connectivity index (χ0n) is 12.9. The summed E-state index contributed by atoms with van der Waals surface area (Å²) in [6.07, 6.45) is 0.354. The molecule has 2 aromatic carbocycles. The van der Waals surface area contributed by atoms with Crippen LogP contribution in [0, 0.1) is 3.57 Å². The molecule has 1 amide bonds. The average Bonchev–Trinajstić information content (AvgIpc) is 2.59. The largest absolute Gasteiger partial charge is 0.484 e. The average molecular weight is 459 g/mol. The summed E-state index contributed by atoms with van der Waals surface area (Å²) in [5.41, 5.74) is 0. The number of sulfone groups is 1. The number of ether oxygens (including phenoxy) is 1. The third-order valence-corrected chi connectivity index (χ3v) is 5.73. The molecule has 0 unspecified atom stereocenters. The van der Waals surface area contributed by atoms with Crippen molar-refractivity contribution in [1.82, 2.24) is 5.32 Å². The van der Waals surface area contributed by atoms with Crippen LogP contribution in [0.15, 0.2) is 59.5 Å². The fraction of sp³-hybridized carbons (Fsp3) is 0.235. The molecule has 1 N–H and O–H groups in total. The number of hydrogen-bond donors (Lipinski definition) is 1. The monoisotopic (exact) mass is 459 g/mol. The molecule has 0 aliphatic heterocycles. The van der Waals surface area contributed by atoms with Gasteiger partial charge in [0.15, 0.2) is 16.4 Å². The molecule has 0 atom stereocenters. The minimum Gasteiger partial charge on any atom is -0.484 e. The third kappa shape index (κ3) is 6.12. The van der Waals surface area contributed by atoms with Gasteiger partial charge in [0.2, 0.25) is 0 Å². The third-order valence-electron chi connectivity index (χ3n) is 3.20. The van der Waals surface area contributed by atoms with Crippen molar-refractivity contribution in [3.63, 3.8) is 0 Å². The lowest BCUT2D eigenvalue weighted by Crippen LogP contribution is -2.30. The quantitative estimate of drug-likeness (QED) is 0.487. The topological polar surface area (TPSA) is 72.5 Å². The maximum absolute atomic E-state index is 12.1. The summed E-state index contributed by atoms with van der Waals surface area (Å²) in [6.45, 7) is 0.201. The Morgan fingerprint density at radius 1 is 1.04 bits per heavy atom. The first-order valence-electron chi connectivity index (χ1n) is 7.40. The number of nitrogens with one attached hydrogen (secondary N) is 1. The second-order valence-corrected chi connectivity index (χ2v) is 8.43. The van der Waals surface area contributed by atoms with Gasteiger partial charge in [0.25, 0.3) is 5.91 Å². The number of amides is 1. The Balaban J connectivity index is 1.68. The number of rotatable bonds is 8. The molecule has 5 nitrogen and oxygen atoms in total. The van der Waals surface area contributed by atoms with Gasteiger partial charge in [0.05, 0.1) is 10.6 Å². The minimum absolute atomic E-state index is 0.00469. The van der Waals surface area contributed by atoms with Crippen LogP contribution in [-0.4, -0.2) is 33.2 Å². The summed E-state index contributed by atoms with van der Waals surface area (Å²) in [5.74, 6) is 0.345. The van der Waals surface area contributed by atoms with Gasteiger partial charge in [-0.2, -0.15) is 0 Å². The first-order valence-corrected chi connectivity index (χ1v) is 10.1. The van der Waals surface area contributed by atoms with Crippen molar-refractivity contribution in [2.75, 3.05) is 18.9 Å². The molecule has 7 heteroatoms. The van der Waals surface area contributed by atoms with E-state index in [2.05, 4.69) is 27.9 Å². The number of halogens is 1. The van der Waals surface area contributed by atoms with Crippen molar-refractivity contribution in [3.05, 3.63) is 58.2 Å². The van der Waals surface area contributed by atoms with E-state index in [0.717, 1.165) is 3.57 Å². The van der Waals surface area contributed by atoms with Gasteiger partial charge in [-0.15, -0.1) is 0 Å². The van der Waals surface area contributed by atoms with Crippen LogP contribution >= 0.6 is 22.6 Å². The molecule has 0 aliphatic rings. The maximum Gasteiger partial charge on any atom is 0.257 e. The van der Waals surface area contributed by atoms with E-state index in [1.165, 1.54) is 0 Å². The molecule has 0 heterocycles. The van der Waals surface area contributed by atoms with Crippen molar-refractivity contribution in [3.8, 4) is 5.75 Å². The number of carbonyl (C=O) groups is 1. The zero-order valence-corrected chi connectivity index (χ0v) is 15.9. The van der Waals surface area contributed by atoms with Gasteiger partial charge >= 0.3 is 0 Å². The molecule has 0 bridgehead atoms. The van der Waals surface area contributed by atoms with Crippen LogP contribution in [0.3, 0.4) is 0 Å². The van der Waals surface area contributed by atoms with Gasteiger partial charge in [-0.25, -0.2) is 8.42 Å². The van der Waals surface area contributed by atoms with E-state index in [9.17, 15) is 13.2 Å². The van der Waals surface area contributed by atoms with E-state index in [4.69, 9.17) is 4.74 Å². The van der Waals surface area contributed by atoms with Gasteiger partial charge in [-0.3, -0.25) is 4.79 Å². The molecular weight excluding hydrogens is 441 g/mol. The standard InChI is InChI=1S/C17H18INO4S/c18-14-7-9-15(10-8-14)23-13-17(20)19-11-4-12-24(21,22)16-5-2-1-3-6-16/h1-3,5-10H,4,11-13H2,(H,19,20). The maximum atomic E-state index is 12.1. The molecule has 0 aliphatic carbocycles. The Morgan fingerprint density at radius 3 is 2.38 bits per heavy atom. The lowest BCUT2D eigenvalue weighted by atomic mass is 10.3. The highest BCUT2D eigenvalue weighted by Gasteiger charge is 2.13. The molecule has 0 saturated heterocycles. The highest BCUT2D eigenvalue weighted by Crippen LogP contribution is 2.13. The van der Waals surface area contributed by atoms with Crippen LogP contribution < -0.4 is 10.1 Å². The van der Waals surface area contributed by atoms with E-state index in [-0.39, 0.29) is 18.3 Å². The predicted molar refractivity (Wildman–Crippen MR) is 101 cm³/mol. The molecule has 2 rings (SSSR count). The number of hydrogen-bond acceptors (Lipinski definition) is 4. The van der Waals surface area contributed by atoms with Crippen LogP contribution in [0.5, 0.6) is 5.75 Å². The van der Waals surface area contributed by atoms with Crippen molar-refractivity contribution in [2.45, 2.75) is 11.3 Å². The summed E-state index contributed by atoms with van der Waals surface area (Å²) >= 11 is 2.19. The second-order valence-electron chi connectivity index (χ2n) is 5.08. The summed E-state index contributed by atoms with van der Waals surface area (Å²) < 4.78 is 30.6. The molecule has 24 heavy (non-hydrogen) atoms. The smallest absolute Gasteiger partial charge is 0.257 e. The van der Waals surface area contributed by atoms with Crippen LogP contribution in [0.2, 0.25) is 0 Å². The highest BCUT2D eigenvalue weighted by atomic mass is 127. The first-order chi connectivity index (χ1) is 11.5. The summed E-state index contributed by atoms with van der Waals surface area (Å²) in [4.78, 5) is 12.0. The van der Waals surface area contributed by atoms with Crippen molar-refractivity contribution < 1.29 is 17.9 Å². The Labute approximate surface area is 155 Å². The normalized spacial score (nSPS) is 11.0. The van der Waals surface area contributed by atoms with Crippen molar-refractivity contribution >= 4 is 38.3 Å². The van der Waals surface area contributed by atoms with E-state index >= 15 is 0 Å². The van der Waals surface area contributed by atoms with Gasteiger partial charge in [-0.1, -0.05) is 18.2 Å². The van der Waals surface area contributed by atoms with Crippen LogP contribution in [0.25, 0.3) is 0 Å². The molecule has 0 spiro atoms. The zero-order chi connectivity index (χ0) is 17.4. The van der Waals surface area contributed by atoms with Gasteiger partial charge in [0.1, 0.15) is 5.75 Å². The Hall–Kier alpha value is -1.61. The molecule has 128 valence electrons. The molecular formula is C17H18INO4S. The van der Waals surface area contributed by atoms with Crippen molar-refractivity contribution in [1.29, 1.82) is 0 Å². The number of carbonyl (C=O) groups excluding carboxylic acids is 1. The van der Waals surface area contributed by atoms with E-state index in [0.29, 0.717) is 23.6 Å². The van der Waals surface area contributed by atoms with Gasteiger partial charge < -0.3 is 10.1 Å². The summed E-state index contributed by atoms with van der Waals surface area (Å²) in [5, 5.41) is 2.66. The predicted octanol–water partition coefficient (Wildman–Crippen LogP) is 2.65. The minimum atomic E-state index is -3.30. The fourth-order valence-corrected chi connectivity index (χ4v) is 3.66. The van der Waals surface area contributed by atoms with Crippen LogP contribution in [0.4, 0.5) is 0 Å². The second kappa shape index (κ2) is 9.03. The molecule has 0 aromatic heterocycles. The van der Waals surface area contributed by atoms with E-state index in [1.807, 2.05) is 12.1 Å². The molecule has 0 radical (unpaired) electrons. The molecule has 2 aromatic rings. The summed E-state index contributed by atoms with van der Waals surface area (Å²) in [6, 6.07) is 15.7. The highest BCUT2D eigenvalue weighted by molar-refractivity contribution is 14.1. The van der Waals surface area contributed by atoms with Crippen molar-refractivity contribution in [2.24, 2.45) is 0 Å². The van der Waals surface area contributed by atoms with E-state index < -0.39 is 9.84 Å². The molecule has 0 fully saturated rings.